The van der Waals surface area contributed by atoms with Crippen molar-refractivity contribution in [3.63, 3.8) is 0 Å². The van der Waals surface area contributed by atoms with Crippen molar-refractivity contribution in [2.45, 2.75) is 44.0 Å². The van der Waals surface area contributed by atoms with E-state index in [-0.39, 0.29) is 0 Å². The molecule has 0 saturated heterocycles. The van der Waals surface area contributed by atoms with Gasteiger partial charge in [0.05, 0.1) is 6.61 Å². The van der Waals surface area contributed by atoms with Gasteiger partial charge in [-0.05, 0) is 13.0 Å². The number of nitrogens with one attached hydrogen (secondary N) is 1. The molecule has 0 aliphatic carbocycles. The smallest absolute Gasteiger partial charge is 0.133 e. The van der Waals surface area contributed by atoms with Gasteiger partial charge in [-0.25, -0.2) is 0 Å². The van der Waals surface area contributed by atoms with Gasteiger partial charge in [-0.2, -0.15) is 0 Å². The van der Waals surface area contributed by atoms with Crippen LogP contribution in [0.2, 0.25) is 0 Å². The molecule has 0 aromatic rings. The standard InChI is InChI=1S/C9H21NO6/c1-2-3-10-9(16)8(15)7(14)6(13)5(12)4-11/h5-16H,2-4H2,1H3. The predicted octanol–water partition coefficient (Wildman–Crippen LogP) is -3.26. The van der Waals surface area contributed by atoms with Crippen LogP contribution in [0.3, 0.4) is 0 Å². The molecule has 0 amide bonds. The van der Waals surface area contributed by atoms with Crippen molar-refractivity contribution in [2.75, 3.05) is 13.2 Å². The van der Waals surface area contributed by atoms with Crippen LogP contribution >= 0.6 is 0 Å². The molecule has 0 bridgehead atoms. The van der Waals surface area contributed by atoms with E-state index < -0.39 is 37.3 Å². The van der Waals surface area contributed by atoms with Crippen molar-refractivity contribution in [2.24, 2.45) is 0 Å². The molecule has 0 aromatic heterocycles. The molecule has 16 heavy (non-hydrogen) atoms. The number of aliphatic hydroxyl groups excluding tert-OH is 6. The fraction of sp³-hybridized carbons (Fsp3) is 1.00. The average molecular weight is 239 g/mol. The predicted molar refractivity (Wildman–Crippen MR) is 55.4 cm³/mol. The van der Waals surface area contributed by atoms with Crippen molar-refractivity contribution in [3.05, 3.63) is 0 Å². The Morgan fingerprint density at radius 2 is 1.50 bits per heavy atom. The second-order valence-corrected chi connectivity index (χ2v) is 3.62. The monoisotopic (exact) mass is 239 g/mol. The van der Waals surface area contributed by atoms with Gasteiger partial charge in [0, 0.05) is 0 Å². The molecule has 0 spiro atoms. The van der Waals surface area contributed by atoms with Gasteiger partial charge in [0.25, 0.3) is 0 Å². The van der Waals surface area contributed by atoms with Gasteiger partial charge in [-0.1, -0.05) is 6.92 Å². The highest BCUT2D eigenvalue weighted by Gasteiger charge is 2.33. The summed E-state index contributed by atoms with van der Waals surface area (Å²) in [5, 5.41) is 57.5. The zero-order valence-electron chi connectivity index (χ0n) is 9.19. The molecule has 0 aliphatic rings. The zero-order chi connectivity index (χ0) is 12.7. The highest BCUT2D eigenvalue weighted by atomic mass is 16.4. The lowest BCUT2D eigenvalue weighted by molar-refractivity contribution is -0.144. The molecule has 0 aliphatic heterocycles. The number of hydrogen-bond donors (Lipinski definition) is 7. The molecule has 5 unspecified atom stereocenters. The number of hydrogen-bond acceptors (Lipinski definition) is 7. The Bertz CT molecular complexity index is 181. The van der Waals surface area contributed by atoms with Gasteiger partial charge >= 0.3 is 0 Å². The van der Waals surface area contributed by atoms with Crippen molar-refractivity contribution in [3.8, 4) is 0 Å². The van der Waals surface area contributed by atoms with Crippen molar-refractivity contribution < 1.29 is 30.6 Å². The van der Waals surface area contributed by atoms with Crippen LogP contribution in [0.5, 0.6) is 0 Å². The Labute approximate surface area is 94.0 Å². The van der Waals surface area contributed by atoms with E-state index in [1.165, 1.54) is 0 Å². The Balaban J connectivity index is 4.19. The maximum Gasteiger partial charge on any atom is 0.133 e. The zero-order valence-corrected chi connectivity index (χ0v) is 9.19. The highest BCUT2D eigenvalue weighted by molar-refractivity contribution is 4.83. The van der Waals surface area contributed by atoms with E-state index in [4.69, 9.17) is 10.2 Å². The van der Waals surface area contributed by atoms with Crippen LogP contribution in [0.15, 0.2) is 0 Å². The summed E-state index contributed by atoms with van der Waals surface area (Å²) in [6, 6.07) is 0. The largest absolute Gasteiger partial charge is 0.394 e. The summed E-state index contributed by atoms with van der Waals surface area (Å²) in [6.45, 7) is 1.54. The summed E-state index contributed by atoms with van der Waals surface area (Å²) in [5.74, 6) is 0. The van der Waals surface area contributed by atoms with Crippen LogP contribution in [0.1, 0.15) is 13.3 Å². The first-order valence-electron chi connectivity index (χ1n) is 5.20. The van der Waals surface area contributed by atoms with Crippen LogP contribution in [0.25, 0.3) is 0 Å². The Morgan fingerprint density at radius 1 is 0.938 bits per heavy atom. The van der Waals surface area contributed by atoms with Crippen LogP contribution < -0.4 is 5.32 Å². The van der Waals surface area contributed by atoms with Gasteiger partial charge < -0.3 is 30.6 Å². The lowest BCUT2D eigenvalue weighted by Gasteiger charge is -2.28. The summed E-state index contributed by atoms with van der Waals surface area (Å²) < 4.78 is 0. The first-order valence-corrected chi connectivity index (χ1v) is 5.20. The molecular weight excluding hydrogens is 218 g/mol. The average Bonchev–Trinajstić information content (AvgIpc) is 2.31. The van der Waals surface area contributed by atoms with Gasteiger partial charge in [-0.3, -0.25) is 5.32 Å². The quantitative estimate of drug-likeness (QED) is 0.221. The third-order valence-corrected chi connectivity index (χ3v) is 2.21. The van der Waals surface area contributed by atoms with Crippen LogP contribution in [0, 0.1) is 0 Å². The van der Waals surface area contributed by atoms with Crippen molar-refractivity contribution in [1.82, 2.24) is 5.32 Å². The first-order chi connectivity index (χ1) is 7.45. The molecular formula is C9H21NO6. The van der Waals surface area contributed by atoms with E-state index in [1.54, 1.807) is 0 Å². The van der Waals surface area contributed by atoms with Gasteiger partial charge in [0.2, 0.25) is 0 Å². The fourth-order valence-corrected chi connectivity index (χ4v) is 1.14. The normalized spacial score (nSPS) is 21.2. The van der Waals surface area contributed by atoms with Crippen LogP contribution in [0.4, 0.5) is 0 Å². The molecule has 7 nitrogen and oxygen atoms in total. The molecule has 0 aromatic carbocycles. The van der Waals surface area contributed by atoms with Crippen molar-refractivity contribution >= 4 is 0 Å². The minimum Gasteiger partial charge on any atom is -0.394 e. The molecule has 7 N–H and O–H groups in total. The summed E-state index contributed by atoms with van der Waals surface area (Å²) in [5.41, 5.74) is 0. The molecule has 0 rings (SSSR count). The lowest BCUT2D eigenvalue weighted by Crippen LogP contribution is -2.53. The minimum atomic E-state index is -1.75. The maximum absolute atomic E-state index is 9.41. The Morgan fingerprint density at radius 3 is 1.94 bits per heavy atom. The van der Waals surface area contributed by atoms with E-state index in [9.17, 15) is 20.4 Å². The molecule has 7 heteroatoms. The SMILES string of the molecule is CCCNC(O)C(O)C(O)C(O)C(O)CO. The Hall–Kier alpha value is -0.280. The molecule has 0 fully saturated rings. The summed E-state index contributed by atoms with van der Waals surface area (Å²) in [4.78, 5) is 0. The van der Waals surface area contributed by atoms with Crippen LogP contribution in [-0.2, 0) is 0 Å². The Kier molecular flexibility index (Phi) is 7.77. The second kappa shape index (κ2) is 7.91. The molecule has 0 saturated carbocycles. The van der Waals surface area contributed by atoms with E-state index in [1.807, 2.05) is 6.92 Å². The second-order valence-electron chi connectivity index (χ2n) is 3.62. The van der Waals surface area contributed by atoms with E-state index in [0.29, 0.717) is 6.54 Å². The lowest BCUT2D eigenvalue weighted by atomic mass is 10.0. The molecule has 0 radical (unpaired) electrons. The number of rotatable bonds is 8. The molecule has 5 atom stereocenters. The molecule has 0 heterocycles. The van der Waals surface area contributed by atoms with Gasteiger partial charge in [0.15, 0.2) is 0 Å². The van der Waals surface area contributed by atoms with Crippen LogP contribution in [-0.4, -0.2) is 74.4 Å². The summed E-state index contributed by atoms with van der Waals surface area (Å²) in [7, 11) is 0. The van der Waals surface area contributed by atoms with Gasteiger partial charge in [-0.15, -0.1) is 0 Å². The highest BCUT2D eigenvalue weighted by Crippen LogP contribution is 2.07. The fourth-order valence-electron chi connectivity index (χ4n) is 1.14. The van der Waals surface area contributed by atoms with E-state index in [0.717, 1.165) is 6.42 Å². The van der Waals surface area contributed by atoms with E-state index >= 15 is 0 Å². The first kappa shape index (κ1) is 15.7. The maximum atomic E-state index is 9.41. The topological polar surface area (TPSA) is 133 Å². The molecule has 98 valence electrons. The summed E-state index contributed by atoms with van der Waals surface area (Å²) in [6.07, 6.45) is -7.37. The van der Waals surface area contributed by atoms with Gasteiger partial charge in [0.1, 0.15) is 30.6 Å². The van der Waals surface area contributed by atoms with Crippen molar-refractivity contribution in [1.29, 1.82) is 0 Å². The number of aliphatic hydroxyl groups is 6. The minimum absolute atomic E-state index is 0.434. The third-order valence-electron chi connectivity index (χ3n) is 2.21. The third kappa shape index (κ3) is 4.71. The summed E-state index contributed by atoms with van der Waals surface area (Å²) >= 11 is 0. The van der Waals surface area contributed by atoms with E-state index in [2.05, 4.69) is 5.32 Å².